The number of benzene rings is 1. The molecule has 4 aliphatic rings. The first-order valence-electron chi connectivity index (χ1n) is 7.99. The molecule has 0 amide bonds. The zero-order valence-corrected chi connectivity index (χ0v) is 12.8. The van der Waals surface area contributed by atoms with Crippen molar-refractivity contribution in [3.63, 3.8) is 0 Å². The summed E-state index contributed by atoms with van der Waals surface area (Å²) in [5, 5.41) is 0. The molecule has 5 rings (SSSR count). The van der Waals surface area contributed by atoms with E-state index < -0.39 is 0 Å². The van der Waals surface area contributed by atoms with Crippen LogP contribution in [-0.4, -0.2) is 50.4 Å². The number of esters is 1. The van der Waals surface area contributed by atoms with Gasteiger partial charge >= 0.3 is 5.97 Å². The van der Waals surface area contributed by atoms with Crippen molar-refractivity contribution in [1.29, 1.82) is 0 Å². The second-order valence-electron chi connectivity index (χ2n) is 6.62. The van der Waals surface area contributed by atoms with Crippen LogP contribution in [0.25, 0.3) is 0 Å². The lowest BCUT2D eigenvalue weighted by molar-refractivity contribution is -0.179. The predicted octanol–water partition coefficient (Wildman–Crippen LogP) is 1.38. The molecular weight excluding hydrogens is 300 g/mol. The smallest absolute Gasteiger partial charge is 0.338 e. The van der Waals surface area contributed by atoms with Crippen molar-refractivity contribution in [2.75, 3.05) is 20.3 Å². The fraction of sp³-hybridized carbons (Fsp3) is 0.588. The number of hydrogen-bond donors (Lipinski definition) is 0. The van der Waals surface area contributed by atoms with Gasteiger partial charge in [-0.15, -0.1) is 0 Å². The molecule has 122 valence electrons. The lowest BCUT2D eigenvalue weighted by Gasteiger charge is -2.34. The molecule has 0 radical (unpaired) electrons. The molecule has 0 aromatic heterocycles. The highest BCUT2D eigenvalue weighted by Gasteiger charge is 2.80. The van der Waals surface area contributed by atoms with Crippen LogP contribution in [0.3, 0.4) is 0 Å². The first-order chi connectivity index (χ1) is 11.2. The highest BCUT2D eigenvalue weighted by Crippen LogP contribution is 2.64. The van der Waals surface area contributed by atoms with Crippen molar-refractivity contribution in [2.45, 2.75) is 30.5 Å². The van der Waals surface area contributed by atoms with Crippen LogP contribution in [0.1, 0.15) is 16.8 Å². The first kappa shape index (κ1) is 13.8. The van der Waals surface area contributed by atoms with Crippen LogP contribution in [-0.2, 0) is 18.9 Å². The van der Waals surface area contributed by atoms with Gasteiger partial charge in [0.1, 0.15) is 23.6 Å². The zero-order chi connectivity index (χ0) is 15.6. The van der Waals surface area contributed by atoms with Crippen LogP contribution in [0, 0.1) is 11.8 Å². The summed E-state index contributed by atoms with van der Waals surface area (Å²) in [6.07, 6.45) is 0.423. The topological polar surface area (TPSA) is 66.5 Å². The molecule has 1 aromatic rings. The van der Waals surface area contributed by atoms with Gasteiger partial charge in [-0.25, -0.2) is 4.79 Å². The quantitative estimate of drug-likeness (QED) is 0.620. The van der Waals surface area contributed by atoms with Gasteiger partial charge in [0.25, 0.3) is 0 Å². The second-order valence-corrected chi connectivity index (χ2v) is 6.62. The van der Waals surface area contributed by atoms with Gasteiger partial charge in [-0.2, -0.15) is 0 Å². The number of hydrogen-bond acceptors (Lipinski definition) is 6. The van der Waals surface area contributed by atoms with E-state index in [0.717, 1.165) is 6.42 Å². The van der Waals surface area contributed by atoms with E-state index in [2.05, 4.69) is 0 Å². The summed E-state index contributed by atoms with van der Waals surface area (Å²) in [5.41, 5.74) is 0.248. The Bertz CT molecular complexity index is 643. The van der Waals surface area contributed by atoms with Crippen molar-refractivity contribution in [3.05, 3.63) is 29.8 Å². The fourth-order valence-corrected chi connectivity index (χ4v) is 4.45. The molecule has 6 atom stereocenters. The van der Waals surface area contributed by atoms with Gasteiger partial charge in [0.15, 0.2) is 6.29 Å². The average Bonchev–Trinajstić information content (AvgIpc) is 3.10. The normalized spacial score (nSPS) is 42.7. The molecule has 1 spiro atoms. The molecule has 3 heterocycles. The number of carbonyl (C=O) groups excluding carboxylic acids is 1. The molecule has 23 heavy (non-hydrogen) atoms. The molecule has 0 bridgehead atoms. The molecule has 6 nitrogen and oxygen atoms in total. The largest absolute Gasteiger partial charge is 0.497 e. The van der Waals surface area contributed by atoms with Gasteiger partial charge < -0.3 is 23.7 Å². The Balaban J connectivity index is 1.35. The molecule has 4 fully saturated rings. The summed E-state index contributed by atoms with van der Waals surface area (Å²) in [4.78, 5) is 12.5. The van der Waals surface area contributed by atoms with Crippen molar-refractivity contribution in [2.24, 2.45) is 11.8 Å². The Morgan fingerprint density at radius 3 is 2.87 bits per heavy atom. The SMILES string of the molecule is COc1ccc(C(=O)O[C@H]2[C@H]3CCO[C@@H]4OC[C@]5(O[C@@H]25)[C@@H]43)cc1. The van der Waals surface area contributed by atoms with Gasteiger partial charge in [-0.05, 0) is 30.7 Å². The van der Waals surface area contributed by atoms with Crippen molar-refractivity contribution >= 4 is 5.97 Å². The second kappa shape index (κ2) is 4.69. The summed E-state index contributed by atoms with van der Waals surface area (Å²) < 4.78 is 28.2. The van der Waals surface area contributed by atoms with Crippen LogP contribution in [0.2, 0.25) is 0 Å². The van der Waals surface area contributed by atoms with E-state index in [1.807, 2.05) is 0 Å². The number of methoxy groups -OCH3 is 1. The third-order valence-corrected chi connectivity index (χ3v) is 5.59. The summed E-state index contributed by atoms with van der Waals surface area (Å²) in [5.74, 6) is 0.852. The average molecular weight is 318 g/mol. The van der Waals surface area contributed by atoms with Crippen LogP contribution in [0.15, 0.2) is 24.3 Å². The van der Waals surface area contributed by atoms with Crippen LogP contribution in [0.4, 0.5) is 0 Å². The Hall–Kier alpha value is -1.63. The monoisotopic (exact) mass is 318 g/mol. The fourth-order valence-electron chi connectivity index (χ4n) is 4.45. The van der Waals surface area contributed by atoms with Gasteiger partial charge in [0, 0.05) is 5.92 Å². The highest BCUT2D eigenvalue weighted by atomic mass is 16.7. The van der Waals surface area contributed by atoms with Crippen molar-refractivity contribution in [1.82, 2.24) is 0 Å². The van der Waals surface area contributed by atoms with Gasteiger partial charge in [0.05, 0.1) is 31.8 Å². The van der Waals surface area contributed by atoms with E-state index >= 15 is 0 Å². The Kier molecular flexibility index (Phi) is 2.81. The molecule has 3 aliphatic heterocycles. The van der Waals surface area contributed by atoms with E-state index in [0.29, 0.717) is 24.5 Å². The van der Waals surface area contributed by atoms with Crippen molar-refractivity contribution in [3.8, 4) is 5.75 Å². The van der Waals surface area contributed by atoms with E-state index in [1.165, 1.54) is 0 Å². The van der Waals surface area contributed by atoms with E-state index in [1.54, 1.807) is 31.4 Å². The summed E-state index contributed by atoms with van der Waals surface area (Å²) >= 11 is 0. The molecule has 1 aromatic carbocycles. The maximum Gasteiger partial charge on any atom is 0.338 e. The summed E-state index contributed by atoms with van der Waals surface area (Å²) in [6, 6.07) is 6.95. The Morgan fingerprint density at radius 2 is 2.09 bits per heavy atom. The van der Waals surface area contributed by atoms with Crippen LogP contribution >= 0.6 is 0 Å². The van der Waals surface area contributed by atoms with Gasteiger partial charge in [-0.3, -0.25) is 0 Å². The van der Waals surface area contributed by atoms with E-state index in [-0.39, 0.29) is 41.9 Å². The third-order valence-electron chi connectivity index (χ3n) is 5.59. The highest BCUT2D eigenvalue weighted by molar-refractivity contribution is 5.89. The van der Waals surface area contributed by atoms with Crippen LogP contribution < -0.4 is 4.74 Å². The number of epoxide rings is 1. The molecule has 0 N–H and O–H groups in total. The van der Waals surface area contributed by atoms with E-state index in [4.69, 9.17) is 23.7 Å². The standard InChI is InChI=1S/C17H18O6/c1-19-10-4-2-9(3-5-10)15(18)22-13-11-6-7-20-16-12(11)17(8-21-16)14(13)23-17/h2-5,11-14,16H,6-8H2,1H3/t11-,12+,13-,14-,16+,17-/m0/s1. The minimum absolute atomic E-state index is 0.0496. The van der Waals surface area contributed by atoms with Crippen molar-refractivity contribution < 1.29 is 28.5 Å². The molecule has 1 saturated carbocycles. The number of rotatable bonds is 3. The summed E-state index contributed by atoms with van der Waals surface area (Å²) in [6.45, 7) is 1.19. The molecule has 0 unspecified atom stereocenters. The maximum absolute atomic E-state index is 12.5. The lowest BCUT2D eigenvalue weighted by atomic mass is 9.85. The lowest BCUT2D eigenvalue weighted by Crippen LogP contribution is -2.41. The van der Waals surface area contributed by atoms with E-state index in [9.17, 15) is 4.79 Å². The predicted molar refractivity (Wildman–Crippen MR) is 77.1 cm³/mol. The molecular formula is C17H18O6. The minimum atomic E-state index is -0.313. The maximum atomic E-state index is 12.5. The molecule has 6 heteroatoms. The van der Waals surface area contributed by atoms with Gasteiger partial charge in [-0.1, -0.05) is 0 Å². The minimum Gasteiger partial charge on any atom is -0.497 e. The first-order valence-corrected chi connectivity index (χ1v) is 7.99. The zero-order valence-electron chi connectivity index (χ0n) is 12.8. The Labute approximate surface area is 133 Å². The van der Waals surface area contributed by atoms with Gasteiger partial charge in [0.2, 0.25) is 0 Å². The third kappa shape index (κ3) is 1.83. The molecule has 3 saturated heterocycles. The Morgan fingerprint density at radius 1 is 1.26 bits per heavy atom. The number of carbonyl (C=O) groups is 1. The number of ether oxygens (including phenoxy) is 5. The molecule has 1 aliphatic carbocycles. The van der Waals surface area contributed by atoms with Crippen LogP contribution in [0.5, 0.6) is 5.75 Å². The summed E-state index contributed by atoms with van der Waals surface area (Å²) in [7, 11) is 1.60.